The smallest absolute Gasteiger partial charge is 0.288 e. The van der Waals surface area contributed by atoms with E-state index in [1.165, 1.54) is 24.8 Å². The number of rotatable bonds is 13. The van der Waals surface area contributed by atoms with Crippen LogP contribution in [0.5, 0.6) is 0 Å². The van der Waals surface area contributed by atoms with Crippen molar-refractivity contribution < 1.29 is 28.8 Å². The van der Waals surface area contributed by atoms with Crippen molar-refractivity contribution in [2.75, 3.05) is 46.7 Å². The van der Waals surface area contributed by atoms with Gasteiger partial charge in [0.2, 0.25) is 6.29 Å². The number of allylic oxidation sites excluding steroid dienone is 1. The van der Waals surface area contributed by atoms with Crippen molar-refractivity contribution in [3.63, 3.8) is 0 Å². The lowest BCUT2D eigenvalue weighted by molar-refractivity contribution is -0.172. The average molecular weight is 482 g/mol. The van der Waals surface area contributed by atoms with Crippen LogP contribution in [0.15, 0.2) is 28.7 Å². The fourth-order valence-electron chi connectivity index (χ4n) is 4.69. The van der Waals surface area contributed by atoms with Crippen molar-refractivity contribution in [3.8, 4) is 0 Å². The maximum absolute atomic E-state index is 13.4. The number of hydrogen-bond acceptors (Lipinski definition) is 7. The summed E-state index contributed by atoms with van der Waals surface area (Å²) in [6.45, 7) is 4.26. The summed E-state index contributed by atoms with van der Waals surface area (Å²) in [4.78, 5) is 15.2. The van der Waals surface area contributed by atoms with E-state index in [2.05, 4.69) is 16.8 Å². The summed E-state index contributed by atoms with van der Waals surface area (Å²) < 4.78 is 23.2. The van der Waals surface area contributed by atoms with Crippen LogP contribution in [0.3, 0.4) is 0 Å². The largest absolute Gasteiger partial charge is 0.459 e. The first kappa shape index (κ1) is 26.2. The minimum absolute atomic E-state index is 0.0150. The lowest BCUT2D eigenvalue weighted by atomic mass is 9.82. The third-order valence-electron chi connectivity index (χ3n) is 6.50. The maximum atomic E-state index is 13.4. The molecule has 1 aromatic rings. The van der Waals surface area contributed by atoms with Gasteiger partial charge in [0, 0.05) is 38.1 Å². The van der Waals surface area contributed by atoms with Gasteiger partial charge in [0.05, 0.1) is 26.4 Å². The van der Waals surface area contributed by atoms with Crippen molar-refractivity contribution in [3.05, 3.63) is 34.2 Å². The Bertz CT molecular complexity index is 718. The number of nitrogens with zero attached hydrogens (tertiary/aromatic N) is 1. The fraction of sp³-hybridized carbons (Fsp3) is 0.720. The van der Waals surface area contributed by atoms with Crippen LogP contribution in [-0.4, -0.2) is 74.9 Å². The van der Waals surface area contributed by atoms with Gasteiger partial charge in [-0.15, -0.1) is 0 Å². The van der Waals surface area contributed by atoms with Crippen molar-refractivity contribution in [1.82, 2.24) is 4.90 Å². The molecule has 1 saturated carbocycles. The summed E-state index contributed by atoms with van der Waals surface area (Å²) in [5.74, 6) is 0.402. The van der Waals surface area contributed by atoms with E-state index >= 15 is 0 Å². The van der Waals surface area contributed by atoms with Gasteiger partial charge in [0.15, 0.2) is 5.76 Å². The van der Waals surface area contributed by atoms with Crippen molar-refractivity contribution in [1.29, 1.82) is 0 Å². The van der Waals surface area contributed by atoms with E-state index in [-0.39, 0.29) is 30.4 Å². The van der Waals surface area contributed by atoms with Gasteiger partial charge >= 0.3 is 0 Å². The molecule has 0 aromatic carbocycles. The summed E-state index contributed by atoms with van der Waals surface area (Å²) in [6.07, 6.45) is 7.94. The fourth-order valence-corrected chi connectivity index (χ4v) is 5.40. The van der Waals surface area contributed by atoms with Gasteiger partial charge in [0.25, 0.3) is 5.91 Å². The lowest BCUT2D eigenvalue weighted by Gasteiger charge is -2.38. The zero-order valence-electron chi connectivity index (χ0n) is 19.9. The van der Waals surface area contributed by atoms with E-state index in [9.17, 15) is 4.79 Å². The SMILES string of the molecule is CCO[C@@H]1OC(C(=O)N(C)C2CCCCC2)=C[C@H](c2ccsc2)[C@@H]1CCOCCOCCO. The highest BCUT2D eigenvalue weighted by Crippen LogP contribution is 2.40. The van der Waals surface area contributed by atoms with Crippen LogP contribution in [0.2, 0.25) is 0 Å². The van der Waals surface area contributed by atoms with Crippen molar-refractivity contribution in [2.45, 2.75) is 63.7 Å². The monoisotopic (exact) mass is 481 g/mol. The van der Waals surface area contributed by atoms with E-state index in [4.69, 9.17) is 24.1 Å². The zero-order valence-corrected chi connectivity index (χ0v) is 20.8. The van der Waals surface area contributed by atoms with E-state index in [0.29, 0.717) is 38.8 Å². The second kappa shape index (κ2) is 14.1. The zero-order chi connectivity index (χ0) is 23.5. The highest BCUT2D eigenvalue weighted by atomic mass is 32.1. The standard InChI is InChI=1S/C25H39NO6S/c1-3-31-25-21(9-12-29-14-15-30-13-11-27)22(19-10-16-33-18-19)17-23(32-25)24(28)26(2)20-7-5-4-6-8-20/h10,16-18,20-22,25,27H,3-9,11-15H2,1-2H3/t21-,22+,25+/m0/s1. The Hall–Kier alpha value is -1.45. The number of aliphatic hydroxyl groups excluding tert-OH is 1. The lowest BCUT2D eigenvalue weighted by Crippen LogP contribution is -2.43. The number of thiophene rings is 1. The van der Waals surface area contributed by atoms with Crippen LogP contribution in [0.25, 0.3) is 0 Å². The Kier molecular flexibility index (Phi) is 11.1. The van der Waals surface area contributed by atoms with Crippen molar-refractivity contribution in [2.24, 2.45) is 5.92 Å². The Morgan fingerprint density at radius 2 is 1.94 bits per heavy atom. The number of ether oxygens (including phenoxy) is 4. The number of carbonyl (C=O) groups excluding carboxylic acids is 1. The number of aliphatic hydroxyl groups is 1. The first-order valence-corrected chi connectivity index (χ1v) is 13.2. The molecule has 33 heavy (non-hydrogen) atoms. The second-order valence-corrected chi connectivity index (χ2v) is 9.44. The van der Waals surface area contributed by atoms with E-state index in [0.717, 1.165) is 19.3 Å². The average Bonchev–Trinajstić information content (AvgIpc) is 3.38. The molecule has 8 heteroatoms. The van der Waals surface area contributed by atoms with Gasteiger partial charge < -0.3 is 29.0 Å². The predicted molar refractivity (Wildman–Crippen MR) is 128 cm³/mol. The van der Waals surface area contributed by atoms with E-state index < -0.39 is 6.29 Å². The Labute approximate surface area is 201 Å². The van der Waals surface area contributed by atoms with Gasteiger partial charge in [-0.2, -0.15) is 11.3 Å². The molecule has 2 aliphatic rings. The molecule has 3 atom stereocenters. The maximum Gasteiger partial charge on any atom is 0.288 e. The Morgan fingerprint density at radius 3 is 2.61 bits per heavy atom. The van der Waals surface area contributed by atoms with Crippen LogP contribution < -0.4 is 0 Å². The highest BCUT2D eigenvalue weighted by Gasteiger charge is 2.39. The molecular weight excluding hydrogens is 442 g/mol. The van der Waals surface area contributed by atoms with Gasteiger partial charge in [-0.05, 0) is 54.7 Å². The number of likely N-dealkylation sites (N-methyl/N-ethyl adjacent to an activating group) is 1. The first-order chi connectivity index (χ1) is 16.2. The topological polar surface area (TPSA) is 77.5 Å². The van der Waals surface area contributed by atoms with Gasteiger partial charge in [-0.25, -0.2) is 0 Å². The molecule has 7 nitrogen and oxygen atoms in total. The van der Waals surface area contributed by atoms with E-state index in [1.807, 2.05) is 24.9 Å². The second-order valence-electron chi connectivity index (χ2n) is 8.66. The highest BCUT2D eigenvalue weighted by molar-refractivity contribution is 7.08. The molecule has 0 radical (unpaired) electrons. The number of carbonyl (C=O) groups is 1. The van der Waals surface area contributed by atoms with Crippen LogP contribution in [0.4, 0.5) is 0 Å². The van der Waals surface area contributed by atoms with Crippen LogP contribution in [0, 0.1) is 5.92 Å². The third-order valence-corrected chi connectivity index (χ3v) is 7.20. The summed E-state index contributed by atoms with van der Waals surface area (Å²) in [5, 5.41) is 13.0. The van der Waals surface area contributed by atoms with E-state index in [1.54, 1.807) is 11.3 Å². The summed E-state index contributed by atoms with van der Waals surface area (Å²) in [6, 6.07) is 2.39. The molecule has 1 aliphatic carbocycles. The van der Waals surface area contributed by atoms with Crippen molar-refractivity contribution >= 4 is 17.2 Å². The molecule has 3 rings (SSSR count). The Balaban J connectivity index is 1.71. The molecule has 0 spiro atoms. The Morgan fingerprint density at radius 1 is 1.18 bits per heavy atom. The summed E-state index contributed by atoms with van der Waals surface area (Å²) in [5.41, 5.74) is 1.18. The normalized spacial score (nSPS) is 23.7. The van der Waals surface area contributed by atoms with Gasteiger partial charge in [-0.1, -0.05) is 19.3 Å². The van der Waals surface area contributed by atoms with Crippen LogP contribution in [-0.2, 0) is 23.7 Å². The third kappa shape index (κ3) is 7.52. The summed E-state index contributed by atoms with van der Waals surface area (Å²) in [7, 11) is 1.90. The van der Waals surface area contributed by atoms with Crippen LogP contribution >= 0.6 is 11.3 Å². The molecule has 186 valence electrons. The molecule has 0 bridgehead atoms. The molecular formula is C25H39NO6S. The minimum Gasteiger partial charge on any atom is -0.459 e. The number of amides is 1. The quantitative estimate of drug-likeness (QED) is 0.430. The first-order valence-electron chi connectivity index (χ1n) is 12.2. The molecule has 0 saturated heterocycles. The predicted octanol–water partition coefficient (Wildman–Crippen LogP) is 3.93. The summed E-state index contributed by atoms with van der Waals surface area (Å²) >= 11 is 1.65. The molecule has 0 unspecified atom stereocenters. The van der Waals surface area contributed by atoms with Gasteiger partial charge in [0.1, 0.15) is 0 Å². The number of hydrogen-bond donors (Lipinski definition) is 1. The van der Waals surface area contributed by atoms with Gasteiger partial charge in [-0.3, -0.25) is 4.79 Å². The van der Waals surface area contributed by atoms with Crippen LogP contribution in [0.1, 0.15) is 56.9 Å². The molecule has 1 amide bonds. The molecule has 1 N–H and O–H groups in total. The molecule has 1 fully saturated rings. The molecule has 2 heterocycles. The molecule has 1 aliphatic heterocycles. The minimum atomic E-state index is -0.502. The molecule has 1 aromatic heterocycles.